The molecule has 2 saturated carbocycles. The van der Waals surface area contributed by atoms with Crippen LogP contribution < -0.4 is 0 Å². The maximum atomic E-state index is 10.3. The molecule has 0 amide bonds. The van der Waals surface area contributed by atoms with Gasteiger partial charge in [-0.2, -0.15) is 0 Å². The van der Waals surface area contributed by atoms with Gasteiger partial charge >= 0.3 is 7.12 Å². The van der Waals surface area contributed by atoms with Crippen LogP contribution in [0, 0.1) is 5.41 Å². The molecular formula is C15H27BO3. The van der Waals surface area contributed by atoms with Crippen LogP contribution in [-0.4, -0.2) is 29.5 Å². The molecule has 2 unspecified atom stereocenters. The molecule has 3 nitrogen and oxygen atoms in total. The molecule has 1 aliphatic heterocycles. The molecule has 1 heterocycles. The van der Waals surface area contributed by atoms with Gasteiger partial charge in [0.05, 0.1) is 17.3 Å². The first-order chi connectivity index (χ1) is 8.79. The lowest BCUT2D eigenvalue weighted by Crippen LogP contribution is -2.56. The van der Waals surface area contributed by atoms with Gasteiger partial charge in [-0.3, -0.25) is 0 Å². The van der Waals surface area contributed by atoms with E-state index in [9.17, 15) is 5.11 Å². The Hall–Kier alpha value is -0.0551. The molecule has 0 aromatic carbocycles. The molecule has 3 fully saturated rings. The number of rotatable bonds is 1. The van der Waals surface area contributed by atoms with E-state index >= 15 is 0 Å². The molecule has 2 aliphatic carbocycles. The highest BCUT2D eigenvalue weighted by atomic mass is 16.7. The lowest BCUT2D eigenvalue weighted by molar-refractivity contribution is -0.0956. The summed E-state index contributed by atoms with van der Waals surface area (Å²) in [5.41, 5.74) is -0.429. The average molecular weight is 266 g/mol. The summed E-state index contributed by atoms with van der Waals surface area (Å²) in [7, 11) is -0.133. The first-order valence-electron chi connectivity index (χ1n) is 7.82. The molecule has 0 radical (unpaired) electrons. The van der Waals surface area contributed by atoms with Crippen molar-refractivity contribution in [1.82, 2.24) is 0 Å². The molecule has 4 heteroatoms. The van der Waals surface area contributed by atoms with E-state index < -0.39 is 0 Å². The Kier molecular flexibility index (Phi) is 3.09. The Bertz CT molecular complexity index is 344. The highest BCUT2D eigenvalue weighted by Gasteiger charge is 2.64. The standard InChI is InChI=1S/C15H27BO3/c1-13(2)14(3,4)19-16(18-13)11-10-12(17)15(11)8-6-5-7-9-15/h11-12,17H,5-10H2,1-4H3. The van der Waals surface area contributed by atoms with E-state index in [-0.39, 0.29) is 29.8 Å². The lowest BCUT2D eigenvalue weighted by atomic mass is 9.41. The molecule has 0 aromatic rings. The normalized spacial score (nSPS) is 39.3. The predicted octanol–water partition coefficient (Wildman–Crippen LogP) is 3.16. The van der Waals surface area contributed by atoms with Crippen LogP contribution in [0.2, 0.25) is 5.82 Å². The van der Waals surface area contributed by atoms with Crippen LogP contribution in [0.15, 0.2) is 0 Å². The van der Waals surface area contributed by atoms with Gasteiger partial charge in [0.2, 0.25) is 0 Å². The zero-order valence-corrected chi connectivity index (χ0v) is 12.7. The van der Waals surface area contributed by atoms with Gasteiger partial charge in [-0.25, -0.2) is 0 Å². The van der Waals surface area contributed by atoms with E-state index in [1.807, 2.05) is 0 Å². The minimum Gasteiger partial charge on any atom is -0.403 e. The summed E-state index contributed by atoms with van der Waals surface area (Å²) in [6.07, 6.45) is 6.78. The van der Waals surface area contributed by atoms with Crippen LogP contribution >= 0.6 is 0 Å². The molecule has 1 spiro atoms. The third-order valence-electron chi connectivity index (χ3n) is 6.26. The van der Waals surface area contributed by atoms with Crippen LogP contribution in [0.25, 0.3) is 0 Å². The van der Waals surface area contributed by atoms with E-state index in [1.165, 1.54) is 19.3 Å². The van der Waals surface area contributed by atoms with Crippen molar-refractivity contribution >= 4 is 7.12 Å². The molecule has 0 aromatic heterocycles. The number of hydrogen-bond acceptors (Lipinski definition) is 3. The molecule has 2 atom stereocenters. The van der Waals surface area contributed by atoms with Gasteiger partial charge in [0.1, 0.15) is 0 Å². The van der Waals surface area contributed by atoms with Gasteiger partial charge in [0.15, 0.2) is 0 Å². The van der Waals surface area contributed by atoms with Gasteiger partial charge in [0.25, 0.3) is 0 Å². The Morgan fingerprint density at radius 1 is 0.947 bits per heavy atom. The third-order valence-corrected chi connectivity index (χ3v) is 6.26. The quantitative estimate of drug-likeness (QED) is 0.741. The smallest absolute Gasteiger partial charge is 0.403 e. The predicted molar refractivity (Wildman–Crippen MR) is 76.0 cm³/mol. The van der Waals surface area contributed by atoms with E-state index in [2.05, 4.69) is 27.7 Å². The third kappa shape index (κ3) is 1.90. The van der Waals surface area contributed by atoms with Crippen molar-refractivity contribution in [2.45, 2.75) is 89.3 Å². The molecule has 19 heavy (non-hydrogen) atoms. The summed E-state index contributed by atoms with van der Waals surface area (Å²) in [4.78, 5) is 0. The van der Waals surface area contributed by atoms with Crippen LogP contribution in [0.4, 0.5) is 0 Å². The second-order valence-electron chi connectivity index (χ2n) is 7.78. The summed E-state index contributed by atoms with van der Waals surface area (Å²) in [6.45, 7) is 8.43. The Labute approximate surface area is 117 Å². The molecule has 0 bridgehead atoms. The van der Waals surface area contributed by atoms with Gasteiger partial charge < -0.3 is 14.4 Å². The fraction of sp³-hybridized carbons (Fsp3) is 1.00. The van der Waals surface area contributed by atoms with Crippen molar-refractivity contribution in [3.8, 4) is 0 Å². The van der Waals surface area contributed by atoms with Crippen molar-refractivity contribution < 1.29 is 14.4 Å². The van der Waals surface area contributed by atoms with Crippen molar-refractivity contribution in [2.75, 3.05) is 0 Å². The molecular weight excluding hydrogens is 239 g/mol. The second-order valence-corrected chi connectivity index (χ2v) is 7.78. The number of aliphatic hydroxyl groups excluding tert-OH is 1. The van der Waals surface area contributed by atoms with Crippen LogP contribution in [0.1, 0.15) is 66.2 Å². The van der Waals surface area contributed by atoms with E-state index in [1.54, 1.807) is 0 Å². The summed E-state index contributed by atoms with van der Waals surface area (Å²) in [5.74, 6) is 0.379. The Balaban J connectivity index is 1.77. The zero-order valence-electron chi connectivity index (χ0n) is 12.7. The Morgan fingerprint density at radius 2 is 1.47 bits per heavy atom. The van der Waals surface area contributed by atoms with Crippen molar-refractivity contribution in [2.24, 2.45) is 5.41 Å². The average Bonchev–Trinajstić information content (AvgIpc) is 2.56. The zero-order chi connectivity index (χ0) is 13.9. The largest absolute Gasteiger partial charge is 0.461 e. The van der Waals surface area contributed by atoms with Crippen LogP contribution in [0.5, 0.6) is 0 Å². The SMILES string of the molecule is CC1(C)OB(C2CC(O)C23CCCCC3)OC1(C)C. The Morgan fingerprint density at radius 3 is 1.95 bits per heavy atom. The van der Waals surface area contributed by atoms with Crippen LogP contribution in [0.3, 0.4) is 0 Å². The molecule has 1 saturated heterocycles. The first-order valence-corrected chi connectivity index (χ1v) is 7.82. The van der Waals surface area contributed by atoms with Crippen molar-refractivity contribution in [3.63, 3.8) is 0 Å². The van der Waals surface area contributed by atoms with E-state index in [0.717, 1.165) is 19.3 Å². The topological polar surface area (TPSA) is 38.7 Å². The fourth-order valence-corrected chi connectivity index (χ4v) is 4.15. The number of hydrogen-bond donors (Lipinski definition) is 1. The van der Waals surface area contributed by atoms with Gasteiger partial charge in [-0.05, 0) is 52.4 Å². The molecule has 3 aliphatic rings. The molecule has 1 N–H and O–H groups in total. The minimum atomic E-state index is -0.256. The molecule has 3 rings (SSSR count). The maximum absolute atomic E-state index is 10.3. The molecule has 108 valence electrons. The van der Waals surface area contributed by atoms with Gasteiger partial charge in [-0.15, -0.1) is 0 Å². The first kappa shape index (κ1) is 13.9. The summed E-state index contributed by atoms with van der Waals surface area (Å²) in [6, 6.07) is 0. The van der Waals surface area contributed by atoms with E-state index in [4.69, 9.17) is 9.31 Å². The summed E-state index contributed by atoms with van der Waals surface area (Å²) < 4.78 is 12.4. The monoisotopic (exact) mass is 266 g/mol. The highest BCUT2D eigenvalue weighted by molar-refractivity contribution is 6.48. The summed E-state index contributed by atoms with van der Waals surface area (Å²) >= 11 is 0. The summed E-state index contributed by atoms with van der Waals surface area (Å²) in [5, 5.41) is 10.3. The lowest BCUT2D eigenvalue weighted by Gasteiger charge is -2.56. The minimum absolute atomic E-state index is 0.0828. The fourth-order valence-electron chi connectivity index (χ4n) is 4.15. The van der Waals surface area contributed by atoms with Crippen molar-refractivity contribution in [3.05, 3.63) is 0 Å². The van der Waals surface area contributed by atoms with Crippen molar-refractivity contribution in [1.29, 1.82) is 0 Å². The highest BCUT2D eigenvalue weighted by Crippen LogP contribution is 2.62. The second kappa shape index (κ2) is 4.22. The van der Waals surface area contributed by atoms with E-state index in [0.29, 0.717) is 5.82 Å². The van der Waals surface area contributed by atoms with Gasteiger partial charge in [-0.1, -0.05) is 19.3 Å². The van der Waals surface area contributed by atoms with Crippen LogP contribution in [-0.2, 0) is 9.31 Å². The number of aliphatic hydroxyl groups is 1. The maximum Gasteiger partial charge on any atom is 0.461 e. The van der Waals surface area contributed by atoms with Gasteiger partial charge in [0, 0.05) is 5.82 Å².